The van der Waals surface area contributed by atoms with E-state index < -0.39 is 13.5 Å². The number of Topliss-reactive ketones (excluding diaryl/α,β-unsaturated/α-hetero) is 1. The average Bonchev–Trinajstić information content (AvgIpc) is 3.42. The third-order valence-corrected chi connectivity index (χ3v) is 9.00. The van der Waals surface area contributed by atoms with Gasteiger partial charge < -0.3 is 23.7 Å². The van der Waals surface area contributed by atoms with Gasteiger partial charge in [0.25, 0.3) is 0 Å². The van der Waals surface area contributed by atoms with Crippen LogP contribution < -0.4 is 9.64 Å². The summed E-state index contributed by atoms with van der Waals surface area (Å²) in [6.45, 7) is 20.5. The summed E-state index contributed by atoms with van der Waals surface area (Å²) >= 11 is 0. The maximum absolute atomic E-state index is 13.5. The summed E-state index contributed by atoms with van der Waals surface area (Å²) in [5.41, 5.74) is 4.17. The van der Waals surface area contributed by atoms with Gasteiger partial charge in [-0.3, -0.25) is 4.79 Å². The molecular formula is C31H46N4O4Si. The second kappa shape index (κ2) is 11.6. The number of methoxy groups -OCH3 is 1. The number of carbonyl (C=O) groups is 1. The van der Waals surface area contributed by atoms with Gasteiger partial charge in [0.15, 0.2) is 18.2 Å². The van der Waals surface area contributed by atoms with Crippen molar-refractivity contribution in [2.75, 3.05) is 38.5 Å². The van der Waals surface area contributed by atoms with E-state index >= 15 is 0 Å². The van der Waals surface area contributed by atoms with Crippen LogP contribution in [0.25, 0.3) is 22.4 Å². The van der Waals surface area contributed by atoms with Gasteiger partial charge in [0.1, 0.15) is 18.0 Å². The number of hydrogen-bond acceptors (Lipinski definition) is 7. The largest absolute Gasteiger partial charge is 0.467 e. The van der Waals surface area contributed by atoms with Crippen molar-refractivity contribution in [3.63, 3.8) is 0 Å². The molecule has 0 aliphatic carbocycles. The minimum Gasteiger partial charge on any atom is -0.467 e. The normalized spacial score (nSPS) is 15.7. The Morgan fingerprint density at radius 2 is 1.90 bits per heavy atom. The first-order valence-corrected chi connectivity index (χ1v) is 17.9. The minimum absolute atomic E-state index is 0.0296. The van der Waals surface area contributed by atoms with Gasteiger partial charge in [-0.2, -0.15) is 0 Å². The van der Waals surface area contributed by atoms with Crippen molar-refractivity contribution in [3.05, 3.63) is 36.2 Å². The van der Waals surface area contributed by atoms with Gasteiger partial charge in [0.2, 0.25) is 0 Å². The Morgan fingerprint density at radius 1 is 1.15 bits per heavy atom. The SMILES string of the molecule is COCOc1cc(-c2cnc3c(n2)c(C(=O)C(C)(C)C)cn3COCC[Si](C)(C)C)cc(N2CCC(C)(C)C2)c1. The van der Waals surface area contributed by atoms with E-state index in [0.717, 1.165) is 36.8 Å². The van der Waals surface area contributed by atoms with Crippen LogP contribution in [0.4, 0.5) is 5.69 Å². The van der Waals surface area contributed by atoms with Gasteiger partial charge in [0.05, 0.1) is 17.5 Å². The fourth-order valence-electron chi connectivity index (χ4n) is 4.86. The van der Waals surface area contributed by atoms with Crippen LogP contribution in [0.1, 0.15) is 51.4 Å². The van der Waals surface area contributed by atoms with E-state index in [1.54, 1.807) is 13.3 Å². The molecule has 0 spiro atoms. The van der Waals surface area contributed by atoms with E-state index in [1.165, 1.54) is 0 Å². The zero-order valence-electron chi connectivity index (χ0n) is 25.8. The molecule has 1 fully saturated rings. The molecule has 0 saturated carbocycles. The monoisotopic (exact) mass is 566 g/mol. The number of rotatable bonds is 11. The predicted octanol–water partition coefficient (Wildman–Crippen LogP) is 6.86. The molecule has 9 heteroatoms. The fourth-order valence-corrected chi connectivity index (χ4v) is 5.61. The first-order valence-electron chi connectivity index (χ1n) is 14.2. The lowest BCUT2D eigenvalue weighted by Gasteiger charge is -2.23. The van der Waals surface area contributed by atoms with Crippen molar-refractivity contribution in [1.82, 2.24) is 14.5 Å². The Kier molecular flexibility index (Phi) is 8.78. The average molecular weight is 567 g/mol. The highest BCUT2D eigenvalue weighted by molar-refractivity contribution is 6.76. The molecule has 4 rings (SSSR count). The number of carbonyl (C=O) groups excluding carboxylic acids is 1. The lowest BCUT2D eigenvalue weighted by atomic mass is 9.87. The minimum atomic E-state index is -1.21. The number of nitrogens with zero attached hydrogens (tertiary/aromatic N) is 4. The Hall–Kier alpha value is -2.75. The predicted molar refractivity (Wildman–Crippen MR) is 164 cm³/mol. The van der Waals surface area contributed by atoms with Crippen LogP contribution in [0, 0.1) is 10.8 Å². The number of hydrogen-bond donors (Lipinski definition) is 0. The third kappa shape index (κ3) is 7.30. The second-order valence-corrected chi connectivity index (χ2v) is 19.6. The van der Waals surface area contributed by atoms with Gasteiger partial charge >= 0.3 is 0 Å². The maximum Gasteiger partial charge on any atom is 0.188 e. The highest BCUT2D eigenvalue weighted by atomic mass is 28.3. The lowest BCUT2D eigenvalue weighted by Crippen LogP contribution is -2.22. The molecule has 1 aliphatic heterocycles. The Labute approximate surface area is 240 Å². The highest BCUT2D eigenvalue weighted by Gasteiger charge is 2.30. The quantitative estimate of drug-likeness (QED) is 0.109. The molecular weight excluding hydrogens is 520 g/mol. The first kappa shape index (κ1) is 30.2. The summed E-state index contributed by atoms with van der Waals surface area (Å²) in [5, 5.41) is 0. The summed E-state index contributed by atoms with van der Waals surface area (Å²) in [4.78, 5) is 25.7. The third-order valence-electron chi connectivity index (χ3n) is 7.29. The summed E-state index contributed by atoms with van der Waals surface area (Å²) in [5.74, 6) is 0.738. The summed E-state index contributed by atoms with van der Waals surface area (Å²) in [7, 11) is 0.406. The van der Waals surface area contributed by atoms with E-state index in [9.17, 15) is 4.79 Å². The molecule has 40 heavy (non-hydrogen) atoms. The molecule has 1 saturated heterocycles. The van der Waals surface area contributed by atoms with Crippen molar-refractivity contribution >= 4 is 30.7 Å². The van der Waals surface area contributed by atoms with Gasteiger partial charge in [-0.1, -0.05) is 54.3 Å². The van der Waals surface area contributed by atoms with Crippen molar-refractivity contribution in [2.24, 2.45) is 10.8 Å². The molecule has 0 amide bonds. The van der Waals surface area contributed by atoms with E-state index in [4.69, 9.17) is 24.2 Å². The molecule has 8 nitrogen and oxygen atoms in total. The molecule has 0 bridgehead atoms. The Bertz CT molecular complexity index is 1350. The number of aromatic nitrogens is 3. The molecule has 0 N–H and O–H groups in total. The summed E-state index contributed by atoms with van der Waals surface area (Å²) in [6.07, 6.45) is 4.76. The molecule has 2 aromatic heterocycles. The van der Waals surface area contributed by atoms with Gasteiger partial charge in [-0.05, 0) is 30.0 Å². The van der Waals surface area contributed by atoms with Crippen LogP contribution in [0.2, 0.25) is 25.7 Å². The molecule has 0 atom stereocenters. The van der Waals surface area contributed by atoms with Crippen LogP contribution in [-0.2, 0) is 16.2 Å². The van der Waals surface area contributed by atoms with Crippen LogP contribution in [0.3, 0.4) is 0 Å². The van der Waals surface area contributed by atoms with Crippen LogP contribution >= 0.6 is 0 Å². The first-order chi connectivity index (χ1) is 18.7. The van der Waals surface area contributed by atoms with Crippen LogP contribution in [0.5, 0.6) is 5.75 Å². The standard InChI is InChI=1S/C31H46N4O4Si/c1-30(2,3)28(36)25-18-35(20-38-12-13-40(7,8)9)29-27(25)33-26(17-32-29)22-14-23(16-24(15-22)39-21-37-6)34-11-10-31(4,5)19-34/h14-18H,10-13,19-21H2,1-9H3. The summed E-state index contributed by atoms with van der Waals surface area (Å²) < 4.78 is 19.0. The fraction of sp³-hybridized carbons (Fsp3) is 0.581. The Morgan fingerprint density at radius 3 is 2.52 bits per heavy atom. The number of anilines is 1. The van der Waals surface area contributed by atoms with Crippen molar-refractivity contribution in [2.45, 2.75) is 73.5 Å². The topological polar surface area (TPSA) is 78.7 Å². The Balaban J connectivity index is 1.75. The molecule has 1 aliphatic rings. The molecule has 3 aromatic rings. The van der Waals surface area contributed by atoms with Gasteiger partial charge in [-0.15, -0.1) is 0 Å². The molecule has 1 aromatic carbocycles. The number of fused-ring (bicyclic) bond motifs is 1. The highest BCUT2D eigenvalue weighted by Crippen LogP contribution is 2.37. The van der Waals surface area contributed by atoms with E-state index in [0.29, 0.717) is 41.5 Å². The zero-order chi connectivity index (χ0) is 29.3. The maximum atomic E-state index is 13.5. The molecule has 218 valence electrons. The van der Waals surface area contributed by atoms with E-state index in [1.807, 2.05) is 37.6 Å². The van der Waals surface area contributed by atoms with Crippen molar-refractivity contribution < 1.29 is 19.0 Å². The summed E-state index contributed by atoms with van der Waals surface area (Å²) in [6, 6.07) is 7.23. The van der Waals surface area contributed by atoms with Crippen LogP contribution in [-0.4, -0.2) is 62.0 Å². The second-order valence-electron chi connectivity index (χ2n) is 14.0. The van der Waals surface area contributed by atoms with E-state index in [2.05, 4.69) is 50.5 Å². The molecule has 3 heterocycles. The van der Waals surface area contributed by atoms with Gasteiger partial charge in [0, 0.05) is 63.8 Å². The lowest BCUT2D eigenvalue weighted by molar-refractivity contribution is 0.0512. The number of benzene rings is 1. The van der Waals surface area contributed by atoms with Crippen LogP contribution in [0.15, 0.2) is 30.6 Å². The van der Waals surface area contributed by atoms with Crippen molar-refractivity contribution in [3.8, 4) is 17.0 Å². The molecule has 0 radical (unpaired) electrons. The number of ether oxygens (including phenoxy) is 3. The number of ketones is 1. The zero-order valence-corrected chi connectivity index (χ0v) is 26.8. The molecule has 0 unspecified atom stereocenters. The van der Waals surface area contributed by atoms with Gasteiger partial charge in [-0.25, -0.2) is 9.97 Å². The smallest absolute Gasteiger partial charge is 0.188 e. The van der Waals surface area contributed by atoms with E-state index in [-0.39, 0.29) is 18.0 Å². The van der Waals surface area contributed by atoms with Crippen molar-refractivity contribution in [1.29, 1.82) is 0 Å².